The Morgan fingerprint density at radius 1 is 0.886 bits per heavy atom. The smallest absolute Gasteiger partial charge is 0.308 e. The second kappa shape index (κ2) is 9.59. The van der Waals surface area contributed by atoms with Gasteiger partial charge in [0.25, 0.3) is 10.0 Å². The lowest BCUT2D eigenvalue weighted by Crippen LogP contribution is -2.27. The molecule has 0 saturated carbocycles. The van der Waals surface area contributed by atoms with Gasteiger partial charge < -0.3 is 10.6 Å². The number of rotatable bonds is 6. The summed E-state index contributed by atoms with van der Waals surface area (Å²) in [6.45, 7) is 3.27. The van der Waals surface area contributed by atoms with E-state index in [1.807, 2.05) is 18.2 Å². The quantitative estimate of drug-likeness (QED) is 0.391. The van der Waals surface area contributed by atoms with Crippen LogP contribution in [-0.4, -0.2) is 31.3 Å². The molecule has 2 N–H and O–H groups in total. The predicted molar refractivity (Wildman–Crippen MR) is 134 cm³/mol. The number of benzene rings is 3. The van der Waals surface area contributed by atoms with Crippen LogP contribution in [0.1, 0.15) is 11.4 Å². The van der Waals surface area contributed by atoms with Crippen LogP contribution >= 0.6 is 0 Å². The summed E-state index contributed by atoms with van der Waals surface area (Å²) in [6.07, 6.45) is 0. The minimum atomic E-state index is -3.95. The van der Waals surface area contributed by atoms with E-state index in [4.69, 9.17) is 0 Å². The first kappa shape index (κ1) is 24.0. The van der Waals surface area contributed by atoms with Gasteiger partial charge in [0.2, 0.25) is 0 Å². The Bertz CT molecular complexity index is 1450. The number of sulfonamides is 1. The third-order valence-electron chi connectivity index (χ3n) is 5.44. The van der Waals surface area contributed by atoms with Crippen LogP contribution in [0.4, 0.5) is 26.2 Å². The fraction of sp³-hybridized carbons (Fsp3) is 0.120. The van der Waals surface area contributed by atoms with Gasteiger partial charge in [-0.05, 0) is 74.5 Å². The standard InChI is InChI=1S/C25H24FN5O3S/c1-17-24(18(2)31(29-17)23-13-9-19(26)10-14-23)35(33,34)30(3)22-15-11-21(12-16-22)28-25(32)27-20-7-5-4-6-8-20/h4-16H,1-3H3,(H2,27,28,32). The molecule has 0 radical (unpaired) electrons. The van der Waals surface area contributed by atoms with Crippen LogP contribution in [0.2, 0.25) is 0 Å². The van der Waals surface area contributed by atoms with E-state index in [9.17, 15) is 17.6 Å². The van der Waals surface area contributed by atoms with Crippen LogP contribution in [0.5, 0.6) is 0 Å². The molecule has 0 unspecified atom stereocenters. The number of halogens is 1. The number of hydrogen-bond acceptors (Lipinski definition) is 4. The maximum absolute atomic E-state index is 13.5. The molecule has 2 amide bonds. The Morgan fingerprint density at radius 2 is 1.46 bits per heavy atom. The molecule has 0 fully saturated rings. The van der Waals surface area contributed by atoms with Gasteiger partial charge in [-0.2, -0.15) is 5.10 Å². The largest absolute Gasteiger partial charge is 0.323 e. The molecular formula is C25H24FN5O3S. The van der Waals surface area contributed by atoms with Gasteiger partial charge in [-0.15, -0.1) is 0 Å². The average Bonchev–Trinajstić information content (AvgIpc) is 3.14. The van der Waals surface area contributed by atoms with Crippen molar-refractivity contribution in [2.75, 3.05) is 22.0 Å². The molecule has 10 heteroatoms. The van der Waals surface area contributed by atoms with Crippen LogP contribution in [0.25, 0.3) is 5.69 Å². The molecule has 0 aliphatic heterocycles. The molecule has 1 heterocycles. The van der Waals surface area contributed by atoms with Gasteiger partial charge in [0, 0.05) is 18.4 Å². The van der Waals surface area contributed by atoms with Gasteiger partial charge in [-0.1, -0.05) is 18.2 Å². The third-order valence-corrected chi connectivity index (χ3v) is 7.47. The van der Waals surface area contributed by atoms with Gasteiger partial charge in [0.15, 0.2) is 0 Å². The highest BCUT2D eigenvalue weighted by Gasteiger charge is 2.29. The number of para-hydroxylation sites is 1. The van der Waals surface area contributed by atoms with Crippen molar-refractivity contribution in [3.05, 3.63) is 96.1 Å². The first-order valence-electron chi connectivity index (χ1n) is 10.7. The second-order valence-corrected chi connectivity index (χ2v) is 9.76. The van der Waals surface area contributed by atoms with Crippen LogP contribution in [0, 0.1) is 19.7 Å². The first-order chi connectivity index (χ1) is 16.7. The molecule has 0 aliphatic rings. The highest BCUT2D eigenvalue weighted by atomic mass is 32.2. The van der Waals surface area contributed by atoms with Crippen molar-refractivity contribution in [2.45, 2.75) is 18.7 Å². The lowest BCUT2D eigenvalue weighted by Gasteiger charge is -2.20. The predicted octanol–water partition coefficient (Wildman–Crippen LogP) is 5.10. The summed E-state index contributed by atoms with van der Waals surface area (Å²) < 4.78 is 42.9. The van der Waals surface area contributed by atoms with Crippen molar-refractivity contribution in [1.29, 1.82) is 0 Å². The second-order valence-electron chi connectivity index (χ2n) is 7.85. The van der Waals surface area contributed by atoms with Gasteiger partial charge in [0.1, 0.15) is 10.7 Å². The summed E-state index contributed by atoms with van der Waals surface area (Å²) in [7, 11) is -2.50. The van der Waals surface area contributed by atoms with Crippen molar-refractivity contribution in [3.63, 3.8) is 0 Å². The molecule has 3 aromatic carbocycles. The molecule has 35 heavy (non-hydrogen) atoms. The summed E-state index contributed by atoms with van der Waals surface area (Å²) in [5, 5.41) is 9.80. The SMILES string of the molecule is Cc1nn(-c2ccc(F)cc2)c(C)c1S(=O)(=O)N(C)c1ccc(NC(=O)Nc2ccccc2)cc1. The molecule has 0 aliphatic carbocycles. The van der Waals surface area contributed by atoms with E-state index in [1.165, 1.54) is 36.0 Å². The molecular weight excluding hydrogens is 469 g/mol. The Morgan fingerprint density at radius 3 is 2.06 bits per heavy atom. The maximum atomic E-state index is 13.5. The number of aryl methyl sites for hydroxylation is 1. The molecule has 0 atom stereocenters. The van der Waals surface area contributed by atoms with E-state index in [2.05, 4.69) is 15.7 Å². The molecule has 0 bridgehead atoms. The highest BCUT2D eigenvalue weighted by molar-refractivity contribution is 7.92. The number of nitrogens with one attached hydrogen (secondary N) is 2. The number of urea groups is 1. The van der Waals surface area contributed by atoms with Crippen LogP contribution in [-0.2, 0) is 10.0 Å². The monoisotopic (exact) mass is 493 g/mol. The average molecular weight is 494 g/mol. The topological polar surface area (TPSA) is 96.3 Å². The highest BCUT2D eigenvalue weighted by Crippen LogP contribution is 2.29. The Hall–Kier alpha value is -4.18. The summed E-state index contributed by atoms with van der Waals surface area (Å²) in [5.41, 5.74) is 2.86. The van der Waals surface area contributed by atoms with Crippen LogP contribution in [0.3, 0.4) is 0 Å². The van der Waals surface area contributed by atoms with Crippen molar-refractivity contribution in [2.24, 2.45) is 0 Å². The third kappa shape index (κ3) is 5.02. The van der Waals surface area contributed by atoms with E-state index in [-0.39, 0.29) is 4.90 Å². The van der Waals surface area contributed by atoms with Crippen molar-refractivity contribution < 1.29 is 17.6 Å². The first-order valence-corrected chi connectivity index (χ1v) is 12.1. The number of aromatic nitrogens is 2. The van der Waals surface area contributed by atoms with Gasteiger partial charge >= 0.3 is 6.03 Å². The van der Waals surface area contributed by atoms with Gasteiger partial charge in [-0.25, -0.2) is 22.3 Å². The summed E-state index contributed by atoms with van der Waals surface area (Å²) >= 11 is 0. The minimum Gasteiger partial charge on any atom is -0.308 e. The number of nitrogens with zero attached hydrogens (tertiary/aromatic N) is 3. The zero-order valence-electron chi connectivity index (χ0n) is 19.4. The summed E-state index contributed by atoms with van der Waals surface area (Å²) in [5.74, 6) is -0.390. The summed E-state index contributed by atoms with van der Waals surface area (Å²) in [4.78, 5) is 12.3. The number of anilines is 3. The van der Waals surface area contributed by atoms with E-state index >= 15 is 0 Å². The minimum absolute atomic E-state index is 0.0776. The lowest BCUT2D eigenvalue weighted by molar-refractivity contribution is 0.262. The zero-order chi connectivity index (χ0) is 25.2. The summed E-state index contributed by atoms with van der Waals surface area (Å²) in [6, 6.07) is 20.7. The molecule has 0 saturated heterocycles. The van der Waals surface area contributed by atoms with Crippen LogP contribution < -0.4 is 14.9 Å². The Labute approximate surface area is 203 Å². The number of hydrogen-bond donors (Lipinski definition) is 2. The molecule has 4 aromatic rings. The number of amides is 2. The van der Waals surface area contributed by atoms with Crippen molar-refractivity contribution in [1.82, 2.24) is 9.78 Å². The van der Waals surface area contributed by atoms with E-state index in [1.54, 1.807) is 50.2 Å². The fourth-order valence-electron chi connectivity index (χ4n) is 3.68. The van der Waals surface area contributed by atoms with Gasteiger partial charge in [-0.3, -0.25) is 4.31 Å². The van der Waals surface area contributed by atoms with E-state index in [0.29, 0.717) is 34.1 Å². The van der Waals surface area contributed by atoms with Crippen molar-refractivity contribution >= 4 is 33.1 Å². The zero-order valence-corrected chi connectivity index (χ0v) is 20.2. The van der Waals surface area contributed by atoms with Crippen molar-refractivity contribution in [3.8, 4) is 5.69 Å². The number of carbonyl (C=O) groups is 1. The Kier molecular flexibility index (Phi) is 6.57. The Balaban J connectivity index is 1.53. The normalized spacial score (nSPS) is 11.2. The molecule has 8 nitrogen and oxygen atoms in total. The maximum Gasteiger partial charge on any atom is 0.323 e. The lowest BCUT2D eigenvalue weighted by atomic mass is 10.3. The molecule has 1 aromatic heterocycles. The molecule has 0 spiro atoms. The molecule has 4 rings (SSSR count). The van der Waals surface area contributed by atoms with E-state index in [0.717, 1.165) is 4.31 Å². The number of carbonyl (C=O) groups excluding carboxylic acids is 1. The van der Waals surface area contributed by atoms with E-state index < -0.39 is 21.9 Å². The molecule has 180 valence electrons. The van der Waals surface area contributed by atoms with Crippen LogP contribution in [0.15, 0.2) is 83.8 Å². The van der Waals surface area contributed by atoms with Gasteiger partial charge in [0.05, 0.1) is 22.8 Å². The fourth-order valence-corrected chi connectivity index (χ4v) is 5.23.